The molecule has 14 heavy (non-hydrogen) atoms. The van der Waals surface area contributed by atoms with E-state index in [1.54, 1.807) is 12.1 Å². The highest BCUT2D eigenvalue weighted by molar-refractivity contribution is 9.10. The van der Waals surface area contributed by atoms with E-state index in [4.69, 9.17) is 9.47 Å². The van der Waals surface area contributed by atoms with E-state index in [1.807, 2.05) is 0 Å². The quantitative estimate of drug-likeness (QED) is 0.620. The Labute approximate surface area is 97.6 Å². The van der Waals surface area contributed by atoms with E-state index in [0.717, 1.165) is 4.47 Å². The summed E-state index contributed by atoms with van der Waals surface area (Å²) in [7, 11) is 0. The second kappa shape index (κ2) is 3.90. The molecule has 1 heterocycles. The Morgan fingerprint density at radius 1 is 1.36 bits per heavy atom. The van der Waals surface area contributed by atoms with E-state index in [2.05, 4.69) is 31.9 Å². The van der Waals surface area contributed by atoms with Crippen molar-refractivity contribution in [2.45, 2.75) is 0 Å². The maximum atomic E-state index is 11.5. The van der Waals surface area contributed by atoms with E-state index in [0.29, 0.717) is 22.4 Å². The maximum Gasteiger partial charge on any atom is 0.231 e. The third-order valence-corrected chi connectivity index (χ3v) is 3.05. The molecule has 0 N–H and O–H groups in total. The molecule has 0 aromatic heterocycles. The number of alkyl halides is 1. The standard InChI is InChI=1S/C9H6Br2O3/c10-3-7(12)5-1-8-9(2-6(5)11)14-4-13-8/h1-2H,3-4H2. The number of hydrogen-bond donors (Lipinski definition) is 0. The predicted octanol–water partition coefficient (Wildman–Crippen LogP) is 2.76. The Kier molecular flexibility index (Phi) is 2.78. The molecule has 1 aliphatic rings. The van der Waals surface area contributed by atoms with Gasteiger partial charge in [-0.15, -0.1) is 0 Å². The van der Waals surface area contributed by atoms with Gasteiger partial charge in [0.1, 0.15) is 0 Å². The fourth-order valence-electron chi connectivity index (χ4n) is 1.20. The van der Waals surface area contributed by atoms with Crippen molar-refractivity contribution < 1.29 is 14.3 Å². The average Bonchev–Trinajstić information content (AvgIpc) is 2.62. The van der Waals surface area contributed by atoms with Gasteiger partial charge in [-0.2, -0.15) is 0 Å². The highest BCUT2D eigenvalue weighted by Crippen LogP contribution is 2.37. The molecule has 0 fully saturated rings. The Hall–Kier alpha value is -0.550. The lowest BCUT2D eigenvalue weighted by molar-refractivity contribution is 0.102. The van der Waals surface area contributed by atoms with Gasteiger partial charge in [-0.05, 0) is 28.1 Å². The molecule has 0 bridgehead atoms. The Morgan fingerprint density at radius 2 is 2.00 bits per heavy atom. The zero-order chi connectivity index (χ0) is 10.1. The molecule has 1 aliphatic heterocycles. The van der Waals surface area contributed by atoms with Crippen LogP contribution in [-0.4, -0.2) is 17.9 Å². The molecule has 3 nitrogen and oxygen atoms in total. The molecule has 1 aromatic rings. The second-order valence-corrected chi connectivity index (χ2v) is 4.16. The summed E-state index contributed by atoms with van der Waals surface area (Å²) in [5, 5.41) is 0.297. The van der Waals surface area contributed by atoms with Crippen molar-refractivity contribution in [1.82, 2.24) is 0 Å². The molecular weight excluding hydrogens is 316 g/mol. The van der Waals surface area contributed by atoms with E-state index >= 15 is 0 Å². The number of benzene rings is 1. The van der Waals surface area contributed by atoms with E-state index < -0.39 is 0 Å². The summed E-state index contributed by atoms with van der Waals surface area (Å²) >= 11 is 6.44. The lowest BCUT2D eigenvalue weighted by atomic mass is 10.1. The zero-order valence-electron chi connectivity index (χ0n) is 7.05. The summed E-state index contributed by atoms with van der Waals surface area (Å²) < 4.78 is 11.1. The third kappa shape index (κ3) is 1.66. The largest absolute Gasteiger partial charge is 0.454 e. The number of rotatable bonds is 2. The van der Waals surface area contributed by atoms with Gasteiger partial charge in [0, 0.05) is 10.0 Å². The maximum absolute atomic E-state index is 11.5. The van der Waals surface area contributed by atoms with Crippen LogP contribution in [0.25, 0.3) is 0 Å². The lowest BCUT2D eigenvalue weighted by Gasteiger charge is -2.03. The summed E-state index contributed by atoms with van der Waals surface area (Å²) in [4.78, 5) is 11.5. The molecule has 74 valence electrons. The highest BCUT2D eigenvalue weighted by atomic mass is 79.9. The minimum Gasteiger partial charge on any atom is -0.454 e. The zero-order valence-corrected chi connectivity index (χ0v) is 10.2. The van der Waals surface area contributed by atoms with Crippen LogP contribution in [0.15, 0.2) is 16.6 Å². The van der Waals surface area contributed by atoms with Crippen LogP contribution in [0.1, 0.15) is 10.4 Å². The van der Waals surface area contributed by atoms with Crippen LogP contribution in [0.3, 0.4) is 0 Å². The number of carbonyl (C=O) groups is 1. The second-order valence-electron chi connectivity index (χ2n) is 2.74. The molecule has 0 saturated carbocycles. The molecule has 0 amide bonds. The third-order valence-electron chi connectivity index (χ3n) is 1.88. The van der Waals surface area contributed by atoms with E-state index in [1.165, 1.54) is 0 Å². The van der Waals surface area contributed by atoms with Gasteiger partial charge in [0.15, 0.2) is 17.3 Å². The van der Waals surface area contributed by atoms with Crippen LogP contribution < -0.4 is 9.47 Å². The minimum atomic E-state index is 0.00942. The first-order chi connectivity index (χ1) is 6.72. The Bertz CT molecular complexity index is 390. The molecule has 0 spiro atoms. The summed E-state index contributed by atoms with van der Waals surface area (Å²) in [6.45, 7) is 0.216. The molecule has 0 aliphatic carbocycles. The number of ether oxygens (including phenoxy) is 2. The first-order valence-corrected chi connectivity index (χ1v) is 5.82. The average molecular weight is 322 g/mol. The fourth-order valence-corrected chi connectivity index (χ4v) is 2.05. The predicted molar refractivity (Wildman–Crippen MR) is 58.4 cm³/mol. The number of halogens is 2. The summed E-state index contributed by atoms with van der Waals surface area (Å²) in [5.74, 6) is 1.30. The molecule has 0 saturated heterocycles. The molecule has 5 heteroatoms. The first-order valence-electron chi connectivity index (χ1n) is 3.90. The molecule has 0 radical (unpaired) electrons. The van der Waals surface area contributed by atoms with Gasteiger partial charge in [-0.1, -0.05) is 15.9 Å². The van der Waals surface area contributed by atoms with Crippen LogP contribution in [0.4, 0.5) is 0 Å². The molecular formula is C9H6Br2O3. The van der Waals surface area contributed by atoms with Gasteiger partial charge in [-0.25, -0.2) is 0 Å². The van der Waals surface area contributed by atoms with Crippen LogP contribution in [0.2, 0.25) is 0 Å². The minimum absolute atomic E-state index is 0.00942. The van der Waals surface area contributed by atoms with Crippen molar-refractivity contribution in [3.05, 3.63) is 22.2 Å². The monoisotopic (exact) mass is 320 g/mol. The number of carbonyl (C=O) groups excluding carboxylic acids is 1. The molecule has 0 unspecified atom stereocenters. The van der Waals surface area contributed by atoms with Crippen LogP contribution >= 0.6 is 31.9 Å². The number of Topliss-reactive ketones (excluding diaryl/α,β-unsaturated/α-hetero) is 1. The normalized spacial score (nSPS) is 13.0. The highest BCUT2D eigenvalue weighted by Gasteiger charge is 2.18. The van der Waals surface area contributed by atoms with Crippen molar-refractivity contribution in [2.24, 2.45) is 0 Å². The van der Waals surface area contributed by atoms with Crippen molar-refractivity contribution in [1.29, 1.82) is 0 Å². The lowest BCUT2D eigenvalue weighted by Crippen LogP contribution is -2.00. The van der Waals surface area contributed by atoms with Crippen molar-refractivity contribution in [2.75, 3.05) is 12.1 Å². The van der Waals surface area contributed by atoms with Gasteiger partial charge in [0.25, 0.3) is 0 Å². The summed E-state index contributed by atoms with van der Waals surface area (Å²) in [6, 6.07) is 3.44. The summed E-state index contributed by atoms with van der Waals surface area (Å²) in [6.07, 6.45) is 0. The number of ketones is 1. The van der Waals surface area contributed by atoms with Crippen molar-refractivity contribution >= 4 is 37.6 Å². The van der Waals surface area contributed by atoms with Crippen LogP contribution in [0, 0.1) is 0 Å². The molecule has 0 atom stereocenters. The van der Waals surface area contributed by atoms with Crippen LogP contribution in [-0.2, 0) is 0 Å². The van der Waals surface area contributed by atoms with Crippen molar-refractivity contribution in [3.8, 4) is 11.5 Å². The van der Waals surface area contributed by atoms with Gasteiger partial charge in [-0.3, -0.25) is 4.79 Å². The van der Waals surface area contributed by atoms with E-state index in [9.17, 15) is 4.79 Å². The Balaban J connectivity index is 2.47. The number of hydrogen-bond acceptors (Lipinski definition) is 3. The number of fused-ring (bicyclic) bond motifs is 1. The smallest absolute Gasteiger partial charge is 0.231 e. The van der Waals surface area contributed by atoms with Crippen LogP contribution in [0.5, 0.6) is 11.5 Å². The van der Waals surface area contributed by atoms with Gasteiger partial charge in [0.05, 0.1) is 5.33 Å². The SMILES string of the molecule is O=C(CBr)c1cc2c(cc1Br)OCO2. The molecule has 2 rings (SSSR count). The molecule has 1 aromatic carbocycles. The Morgan fingerprint density at radius 3 is 2.64 bits per heavy atom. The van der Waals surface area contributed by atoms with Gasteiger partial charge < -0.3 is 9.47 Å². The van der Waals surface area contributed by atoms with E-state index in [-0.39, 0.29) is 12.6 Å². The summed E-state index contributed by atoms with van der Waals surface area (Å²) in [5.41, 5.74) is 0.603. The first kappa shape index (κ1) is 9.98. The van der Waals surface area contributed by atoms with Crippen molar-refractivity contribution in [3.63, 3.8) is 0 Å². The fraction of sp³-hybridized carbons (Fsp3) is 0.222. The van der Waals surface area contributed by atoms with Gasteiger partial charge >= 0.3 is 0 Å². The van der Waals surface area contributed by atoms with Gasteiger partial charge in [0.2, 0.25) is 6.79 Å². The topological polar surface area (TPSA) is 35.5 Å².